The molecule has 1 fully saturated rings. The summed E-state index contributed by atoms with van der Waals surface area (Å²) >= 11 is 0. The predicted octanol–water partition coefficient (Wildman–Crippen LogP) is -0.0294. The molecule has 0 atom stereocenters. The summed E-state index contributed by atoms with van der Waals surface area (Å²) in [7, 11) is 1.66. The first-order valence-corrected chi connectivity index (χ1v) is 6.39. The average molecular weight is 241 g/mol. The second-order valence-corrected chi connectivity index (χ2v) is 4.45. The number of likely N-dealkylation sites (tertiary alicyclic amines) is 1. The Morgan fingerprint density at radius 2 is 1.94 bits per heavy atom. The van der Waals surface area contributed by atoms with Crippen molar-refractivity contribution in [2.75, 3.05) is 33.2 Å². The Labute approximate surface area is 103 Å². The van der Waals surface area contributed by atoms with Gasteiger partial charge < -0.3 is 15.5 Å². The van der Waals surface area contributed by atoms with Gasteiger partial charge in [-0.15, -0.1) is 0 Å². The van der Waals surface area contributed by atoms with Crippen LogP contribution in [0.4, 0.5) is 0 Å². The van der Waals surface area contributed by atoms with Crippen LogP contribution in [0.15, 0.2) is 0 Å². The van der Waals surface area contributed by atoms with Crippen molar-refractivity contribution in [3.63, 3.8) is 0 Å². The normalized spacial score (nSPS) is 16.9. The molecule has 1 aliphatic rings. The second-order valence-electron chi connectivity index (χ2n) is 4.45. The molecule has 0 aliphatic carbocycles. The zero-order chi connectivity index (χ0) is 12.7. The van der Waals surface area contributed by atoms with Gasteiger partial charge in [0.2, 0.25) is 11.8 Å². The van der Waals surface area contributed by atoms with E-state index in [4.69, 9.17) is 0 Å². The van der Waals surface area contributed by atoms with Crippen LogP contribution in [0.1, 0.15) is 26.2 Å². The third-order valence-electron chi connectivity index (χ3n) is 3.17. The van der Waals surface area contributed by atoms with Crippen LogP contribution in [0.3, 0.4) is 0 Å². The van der Waals surface area contributed by atoms with E-state index in [1.165, 1.54) is 0 Å². The van der Waals surface area contributed by atoms with Gasteiger partial charge in [0, 0.05) is 26.1 Å². The number of carbonyl (C=O) groups excluding carboxylic acids is 2. The molecule has 1 heterocycles. The Morgan fingerprint density at radius 3 is 2.47 bits per heavy atom. The van der Waals surface area contributed by atoms with Crippen LogP contribution in [0.25, 0.3) is 0 Å². The zero-order valence-corrected chi connectivity index (χ0v) is 10.8. The monoisotopic (exact) mass is 241 g/mol. The van der Waals surface area contributed by atoms with Gasteiger partial charge in [-0.3, -0.25) is 9.59 Å². The molecule has 0 aromatic heterocycles. The molecule has 2 amide bonds. The van der Waals surface area contributed by atoms with Crippen molar-refractivity contribution in [3.8, 4) is 0 Å². The van der Waals surface area contributed by atoms with Crippen LogP contribution in [0.2, 0.25) is 0 Å². The Morgan fingerprint density at radius 1 is 1.29 bits per heavy atom. The highest BCUT2D eigenvalue weighted by Gasteiger charge is 2.26. The van der Waals surface area contributed by atoms with Gasteiger partial charge in [-0.1, -0.05) is 6.92 Å². The van der Waals surface area contributed by atoms with Gasteiger partial charge >= 0.3 is 0 Å². The number of nitrogens with zero attached hydrogens (tertiary/aromatic N) is 1. The van der Waals surface area contributed by atoms with Crippen LogP contribution < -0.4 is 10.6 Å². The van der Waals surface area contributed by atoms with Gasteiger partial charge in [0.1, 0.15) is 0 Å². The van der Waals surface area contributed by atoms with Gasteiger partial charge in [0.25, 0.3) is 0 Å². The first-order chi connectivity index (χ1) is 8.19. The Balaban J connectivity index is 2.26. The van der Waals surface area contributed by atoms with Crippen molar-refractivity contribution in [3.05, 3.63) is 0 Å². The molecule has 5 heteroatoms. The van der Waals surface area contributed by atoms with Crippen molar-refractivity contribution in [1.29, 1.82) is 0 Å². The number of rotatable bonds is 5. The van der Waals surface area contributed by atoms with E-state index in [2.05, 4.69) is 17.6 Å². The van der Waals surface area contributed by atoms with Crippen molar-refractivity contribution in [1.82, 2.24) is 15.5 Å². The molecule has 0 aromatic carbocycles. The molecule has 0 radical (unpaired) electrons. The fourth-order valence-electron chi connectivity index (χ4n) is 2.08. The number of carbonyl (C=O) groups is 2. The molecule has 0 aromatic rings. The summed E-state index contributed by atoms with van der Waals surface area (Å²) in [4.78, 5) is 25.1. The Bertz CT molecular complexity index is 260. The quantitative estimate of drug-likeness (QED) is 0.665. The molecule has 0 bridgehead atoms. The Hall–Kier alpha value is -1.10. The summed E-state index contributed by atoms with van der Waals surface area (Å²) in [5.41, 5.74) is 0. The highest BCUT2D eigenvalue weighted by atomic mass is 16.2. The topological polar surface area (TPSA) is 61.4 Å². The minimum Gasteiger partial charge on any atom is -0.359 e. The summed E-state index contributed by atoms with van der Waals surface area (Å²) in [6.45, 7) is 4.76. The summed E-state index contributed by atoms with van der Waals surface area (Å²) in [6.07, 6.45) is 2.59. The summed E-state index contributed by atoms with van der Waals surface area (Å²) in [5, 5.41) is 5.77. The fraction of sp³-hybridized carbons (Fsp3) is 0.833. The van der Waals surface area contributed by atoms with Gasteiger partial charge in [-0.05, 0) is 25.8 Å². The zero-order valence-electron chi connectivity index (χ0n) is 10.8. The van der Waals surface area contributed by atoms with E-state index >= 15 is 0 Å². The van der Waals surface area contributed by atoms with E-state index in [0.29, 0.717) is 19.6 Å². The molecule has 5 nitrogen and oxygen atoms in total. The van der Waals surface area contributed by atoms with E-state index in [-0.39, 0.29) is 17.7 Å². The van der Waals surface area contributed by atoms with Gasteiger partial charge in [0.15, 0.2) is 0 Å². The van der Waals surface area contributed by atoms with E-state index in [9.17, 15) is 9.59 Å². The number of hydrogen-bond acceptors (Lipinski definition) is 3. The van der Waals surface area contributed by atoms with Crippen molar-refractivity contribution < 1.29 is 9.59 Å². The number of hydrogen-bond donors (Lipinski definition) is 2. The van der Waals surface area contributed by atoms with Crippen LogP contribution >= 0.6 is 0 Å². The molecule has 98 valence electrons. The highest BCUT2D eigenvalue weighted by Crippen LogP contribution is 2.16. The van der Waals surface area contributed by atoms with Crippen molar-refractivity contribution in [2.45, 2.75) is 26.2 Å². The lowest BCUT2D eigenvalue weighted by atomic mass is 9.96. The third kappa shape index (κ3) is 4.34. The first-order valence-electron chi connectivity index (χ1n) is 6.39. The standard InChI is InChI=1S/C12H23N3O2/c1-3-6-14-9-11(16)15-7-4-10(5-8-15)12(17)13-2/h10,14H,3-9H2,1-2H3,(H,13,17). The van der Waals surface area contributed by atoms with Crippen molar-refractivity contribution in [2.24, 2.45) is 5.92 Å². The van der Waals surface area contributed by atoms with E-state index in [1.807, 2.05) is 4.90 Å². The molecule has 2 N–H and O–H groups in total. The molecule has 0 spiro atoms. The molecule has 1 saturated heterocycles. The lowest BCUT2D eigenvalue weighted by Crippen LogP contribution is -2.45. The van der Waals surface area contributed by atoms with Gasteiger partial charge in [-0.25, -0.2) is 0 Å². The van der Waals surface area contributed by atoms with Gasteiger partial charge in [-0.2, -0.15) is 0 Å². The maximum Gasteiger partial charge on any atom is 0.236 e. The van der Waals surface area contributed by atoms with Crippen LogP contribution in [0.5, 0.6) is 0 Å². The number of nitrogens with one attached hydrogen (secondary N) is 2. The lowest BCUT2D eigenvalue weighted by Gasteiger charge is -2.31. The summed E-state index contributed by atoms with van der Waals surface area (Å²) in [6, 6.07) is 0. The molecule has 1 aliphatic heterocycles. The van der Waals surface area contributed by atoms with E-state index in [1.54, 1.807) is 7.05 Å². The minimum atomic E-state index is 0.0765. The molecular weight excluding hydrogens is 218 g/mol. The van der Waals surface area contributed by atoms with Crippen molar-refractivity contribution >= 4 is 11.8 Å². The maximum atomic E-state index is 11.8. The SMILES string of the molecule is CCCNCC(=O)N1CCC(C(=O)NC)CC1. The predicted molar refractivity (Wildman–Crippen MR) is 66.5 cm³/mol. The molecule has 0 saturated carbocycles. The maximum absolute atomic E-state index is 11.8. The Kier molecular flexibility index (Phi) is 5.97. The molecule has 17 heavy (non-hydrogen) atoms. The number of amides is 2. The van der Waals surface area contributed by atoms with E-state index in [0.717, 1.165) is 25.8 Å². The fourth-order valence-corrected chi connectivity index (χ4v) is 2.08. The largest absolute Gasteiger partial charge is 0.359 e. The second kappa shape index (κ2) is 7.27. The molecular formula is C12H23N3O2. The molecule has 0 unspecified atom stereocenters. The van der Waals surface area contributed by atoms with Crippen LogP contribution in [-0.4, -0.2) is 49.9 Å². The minimum absolute atomic E-state index is 0.0765. The first kappa shape index (κ1) is 14.0. The smallest absolute Gasteiger partial charge is 0.236 e. The van der Waals surface area contributed by atoms with E-state index < -0.39 is 0 Å². The summed E-state index contributed by atoms with van der Waals surface area (Å²) in [5.74, 6) is 0.322. The summed E-state index contributed by atoms with van der Waals surface area (Å²) < 4.78 is 0. The third-order valence-corrected chi connectivity index (χ3v) is 3.17. The lowest BCUT2D eigenvalue weighted by molar-refractivity contribution is -0.134. The average Bonchev–Trinajstić information content (AvgIpc) is 2.38. The van der Waals surface area contributed by atoms with Crippen LogP contribution in [0, 0.1) is 5.92 Å². The van der Waals surface area contributed by atoms with Gasteiger partial charge in [0.05, 0.1) is 6.54 Å². The highest BCUT2D eigenvalue weighted by molar-refractivity contribution is 5.80. The molecule has 1 rings (SSSR count). The van der Waals surface area contributed by atoms with Crippen LogP contribution in [-0.2, 0) is 9.59 Å². The number of piperidine rings is 1.